The van der Waals surface area contributed by atoms with Crippen molar-refractivity contribution in [3.8, 4) is 0 Å². The number of amides is 1. The fourth-order valence-electron chi connectivity index (χ4n) is 2.68. The van der Waals surface area contributed by atoms with Crippen LogP contribution in [-0.2, 0) is 15.7 Å². The minimum absolute atomic E-state index is 0.275. The van der Waals surface area contributed by atoms with Gasteiger partial charge in [0.15, 0.2) is 6.10 Å². The average molecular weight is 441 g/mol. The number of carbonyl (C=O) groups is 2. The first kappa shape index (κ1) is 21.6. The predicted octanol–water partition coefficient (Wildman–Crippen LogP) is 5.37. The van der Waals surface area contributed by atoms with Crippen molar-refractivity contribution in [3.63, 3.8) is 0 Å². The molecule has 2 aromatic rings. The van der Waals surface area contributed by atoms with Gasteiger partial charge in [-0.05, 0) is 36.8 Å². The fraction of sp³-hybridized carbons (Fsp3) is 0.300. The first-order valence-electron chi connectivity index (χ1n) is 8.77. The van der Waals surface area contributed by atoms with Gasteiger partial charge in [-0.2, -0.15) is 13.2 Å². The summed E-state index contributed by atoms with van der Waals surface area (Å²) in [6.45, 7) is 1.31. The molecule has 154 valence electrons. The van der Waals surface area contributed by atoms with Crippen molar-refractivity contribution in [1.29, 1.82) is 0 Å². The standard InChI is InChI=1S/C20H18F3NO3S2/c1-12(17(25)24-16-5-3-2-4-15(16)20(21,22)23)27-18(26)13-6-8-14(9-7-13)19-28-10-11-29-19/h2-9,12,19H,10-11H2,1H3,(H,24,25). The minimum Gasteiger partial charge on any atom is -0.449 e. The van der Waals surface area contributed by atoms with Crippen LogP contribution < -0.4 is 5.32 Å². The molecule has 0 aliphatic carbocycles. The summed E-state index contributed by atoms with van der Waals surface area (Å²) in [6.07, 6.45) is -5.87. The Balaban J connectivity index is 1.62. The summed E-state index contributed by atoms with van der Waals surface area (Å²) in [5.74, 6) is 0.618. The summed E-state index contributed by atoms with van der Waals surface area (Å²) in [7, 11) is 0. The Morgan fingerprint density at radius 2 is 1.69 bits per heavy atom. The summed E-state index contributed by atoms with van der Waals surface area (Å²) in [6, 6.07) is 11.6. The van der Waals surface area contributed by atoms with Gasteiger partial charge in [0, 0.05) is 11.5 Å². The monoisotopic (exact) mass is 441 g/mol. The molecule has 29 heavy (non-hydrogen) atoms. The summed E-state index contributed by atoms with van der Waals surface area (Å²) in [4.78, 5) is 24.5. The van der Waals surface area contributed by atoms with Crippen molar-refractivity contribution >= 4 is 41.1 Å². The normalized spacial score (nSPS) is 15.7. The molecule has 0 radical (unpaired) electrons. The van der Waals surface area contributed by atoms with Crippen molar-refractivity contribution in [2.75, 3.05) is 16.8 Å². The molecule has 3 rings (SSSR count). The van der Waals surface area contributed by atoms with E-state index in [1.807, 2.05) is 35.7 Å². The number of anilines is 1. The zero-order chi connectivity index (χ0) is 21.0. The lowest BCUT2D eigenvalue weighted by Crippen LogP contribution is -2.30. The molecular formula is C20H18F3NO3S2. The van der Waals surface area contributed by atoms with E-state index >= 15 is 0 Å². The summed E-state index contributed by atoms with van der Waals surface area (Å²) < 4.78 is 44.6. The molecule has 1 saturated heterocycles. The van der Waals surface area contributed by atoms with Gasteiger partial charge in [-0.15, -0.1) is 23.5 Å². The van der Waals surface area contributed by atoms with Gasteiger partial charge in [0.1, 0.15) is 0 Å². The van der Waals surface area contributed by atoms with Gasteiger partial charge in [0.2, 0.25) is 0 Å². The predicted molar refractivity (Wildman–Crippen MR) is 109 cm³/mol. The molecular weight excluding hydrogens is 423 g/mol. The number of hydrogen-bond acceptors (Lipinski definition) is 5. The Bertz CT molecular complexity index is 881. The molecule has 4 nitrogen and oxygen atoms in total. The molecule has 1 atom stereocenters. The zero-order valence-corrected chi connectivity index (χ0v) is 17.0. The molecule has 1 unspecified atom stereocenters. The third-order valence-corrected chi connectivity index (χ3v) is 7.29. The highest BCUT2D eigenvalue weighted by molar-refractivity contribution is 8.19. The van der Waals surface area contributed by atoms with Crippen LogP contribution in [0.15, 0.2) is 48.5 Å². The molecule has 0 bridgehead atoms. The van der Waals surface area contributed by atoms with Crippen LogP contribution in [0.2, 0.25) is 0 Å². The van der Waals surface area contributed by atoms with Gasteiger partial charge in [-0.3, -0.25) is 4.79 Å². The molecule has 1 heterocycles. The lowest BCUT2D eigenvalue weighted by molar-refractivity contribution is -0.137. The SMILES string of the molecule is CC(OC(=O)c1ccc(C2SCCS2)cc1)C(=O)Nc1ccccc1C(F)(F)F. The average Bonchev–Trinajstić information content (AvgIpc) is 3.22. The van der Waals surface area contributed by atoms with Gasteiger partial charge in [0.25, 0.3) is 5.91 Å². The molecule has 1 aliphatic rings. The highest BCUT2D eigenvalue weighted by Crippen LogP contribution is 2.45. The minimum atomic E-state index is -4.61. The molecule has 0 aromatic heterocycles. The van der Waals surface area contributed by atoms with Crippen LogP contribution in [-0.4, -0.2) is 29.5 Å². The third-order valence-electron chi connectivity index (χ3n) is 4.18. The molecule has 0 saturated carbocycles. The first-order valence-corrected chi connectivity index (χ1v) is 10.9. The number of nitrogens with one attached hydrogen (secondary N) is 1. The topological polar surface area (TPSA) is 55.4 Å². The lowest BCUT2D eigenvalue weighted by atomic mass is 10.1. The highest BCUT2D eigenvalue weighted by atomic mass is 32.2. The van der Waals surface area contributed by atoms with Crippen molar-refractivity contribution < 1.29 is 27.5 Å². The second-order valence-electron chi connectivity index (χ2n) is 6.28. The number of esters is 1. The first-order chi connectivity index (χ1) is 13.8. The van der Waals surface area contributed by atoms with E-state index in [-0.39, 0.29) is 11.3 Å². The molecule has 2 aromatic carbocycles. The Labute approximate surface area is 174 Å². The molecule has 0 spiro atoms. The van der Waals surface area contributed by atoms with Crippen LogP contribution in [0.25, 0.3) is 0 Å². The van der Waals surface area contributed by atoms with Crippen molar-refractivity contribution in [2.45, 2.75) is 23.8 Å². The molecule has 1 N–H and O–H groups in total. The number of carbonyl (C=O) groups excluding carboxylic acids is 2. The zero-order valence-electron chi connectivity index (χ0n) is 15.4. The molecule has 1 fully saturated rings. The second-order valence-corrected chi connectivity index (χ2v) is 9.00. The summed E-state index contributed by atoms with van der Waals surface area (Å²) >= 11 is 3.68. The van der Waals surface area contributed by atoms with Gasteiger partial charge in [-0.25, -0.2) is 4.79 Å². The van der Waals surface area contributed by atoms with Crippen LogP contribution in [0, 0.1) is 0 Å². The van der Waals surface area contributed by atoms with Crippen LogP contribution >= 0.6 is 23.5 Å². The number of halogens is 3. The Morgan fingerprint density at radius 3 is 2.31 bits per heavy atom. The Hall–Kier alpha value is -2.13. The van der Waals surface area contributed by atoms with E-state index in [2.05, 4.69) is 5.32 Å². The van der Waals surface area contributed by atoms with Crippen molar-refractivity contribution in [1.82, 2.24) is 0 Å². The van der Waals surface area contributed by atoms with Crippen LogP contribution in [0.3, 0.4) is 0 Å². The number of rotatable bonds is 5. The number of para-hydroxylation sites is 1. The van der Waals surface area contributed by atoms with Gasteiger partial charge < -0.3 is 10.1 Å². The van der Waals surface area contributed by atoms with Gasteiger partial charge in [0.05, 0.1) is 21.4 Å². The smallest absolute Gasteiger partial charge is 0.418 e. The maximum Gasteiger partial charge on any atom is 0.418 e. The van der Waals surface area contributed by atoms with E-state index in [9.17, 15) is 22.8 Å². The van der Waals surface area contributed by atoms with Gasteiger partial charge >= 0.3 is 12.1 Å². The fourth-order valence-corrected chi connectivity index (χ4v) is 5.54. The highest BCUT2D eigenvalue weighted by Gasteiger charge is 2.34. The van der Waals surface area contributed by atoms with Crippen molar-refractivity contribution in [2.24, 2.45) is 0 Å². The molecule has 1 aliphatic heterocycles. The van der Waals surface area contributed by atoms with E-state index in [1.54, 1.807) is 12.1 Å². The number of benzene rings is 2. The van der Waals surface area contributed by atoms with E-state index in [0.717, 1.165) is 29.2 Å². The maximum atomic E-state index is 13.0. The number of thioether (sulfide) groups is 2. The van der Waals surface area contributed by atoms with Crippen LogP contribution in [0.5, 0.6) is 0 Å². The largest absolute Gasteiger partial charge is 0.449 e. The molecule has 1 amide bonds. The summed E-state index contributed by atoms with van der Waals surface area (Å²) in [5.41, 5.74) is 0.0228. The van der Waals surface area contributed by atoms with Crippen molar-refractivity contribution in [3.05, 3.63) is 65.2 Å². The third kappa shape index (κ3) is 5.48. The van der Waals surface area contributed by atoms with Gasteiger partial charge in [-0.1, -0.05) is 24.3 Å². The lowest BCUT2D eigenvalue weighted by Gasteiger charge is -2.17. The number of ether oxygens (including phenoxy) is 1. The number of hydrogen-bond donors (Lipinski definition) is 1. The van der Waals surface area contributed by atoms with Crippen LogP contribution in [0.4, 0.5) is 18.9 Å². The Kier molecular flexibility index (Phi) is 6.79. The molecule has 9 heteroatoms. The quantitative estimate of drug-likeness (QED) is 0.633. The van der Waals surface area contributed by atoms with E-state index in [4.69, 9.17) is 4.74 Å². The second kappa shape index (κ2) is 9.13. The Morgan fingerprint density at radius 1 is 1.07 bits per heavy atom. The van der Waals surface area contributed by atoms with E-state index < -0.39 is 29.7 Å². The van der Waals surface area contributed by atoms with Crippen LogP contribution in [0.1, 0.15) is 33.0 Å². The maximum absolute atomic E-state index is 13.0. The van der Waals surface area contributed by atoms with E-state index in [1.165, 1.54) is 19.1 Å². The summed E-state index contributed by atoms with van der Waals surface area (Å²) in [5, 5.41) is 2.18. The van der Waals surface area contributed by atoms with E-state index in [0.29, 0.717) is 4.58 Å². The number of alkyl halides is 3.